The van der Waals surface area contributed by atoms with Crippen molar-refractivity contribution in [1.82, 2.24) is 0 Å². The molecule has 2 aromatic carbocycles. The first-order valence-corrected chi connectivity index (χ1v) is 5.99. The maximum atomic E-state index is 10.7. The highest BCUT2D eigenvalue weighted by Gasteiger charge is 2.08. The monoisotopic (exact) mass is 281 g/mol. The molecule has 92 valence electrons. The Balaban J connectivity index is 2.28. The van der Waals surface area contributed by atoms with E-state index in [-0.39, 0.29) is 5.69 Å². The first-order chi connectivity index (χ1) is 8.56. The molecule has 2 rings (SSSR count). The van der Waals surface area contributed by atoms with Gasteiger partial charge in [0.1, 0.15) is 0 Å². The van der Waals surface area contributed by atoms with Crippen LogP contribution in [0, 0.1) is 10.1 Å². The van der Waals surface area contributed by atoms with E-state index in [2.05, 4.69) is 0 Å². The lowest BCUT2D eigenvalue weighted by molar-refractivity contribution is -0.384. The van der Waals surface area contributed by atoms with E-state index in [4.69, 9.17) is 23.2 Å². The summed E-state index contributed by atoms with van der Waals surface area (Å²) in [6, 6.07) is 11.7. The Morgan fingerprint density at radius 2 is 1.89 bits per heavy atom. The van der Waals surface area contributed by atoms with E-state index in [0.29, 0.717) is 16.5 Å². The smallest absolute Gasteiger partial charge is 0.258 e. The molecule has 0 aliphatic heterocycles. The summed E-state index contributed by atoms with van der Waals surface area (Å²) in [5, 5.41) is 11.8. The third kappa shape index (κ3) is 3.00. The van der Waals surface area contributed by atoms with Gasteiger partial charge in [0, 0.05) is 22.2 Å². The van der Waals surface area contributed by atoms with Crippen LogP contribution in [0.4, 0.5) is 5.69 Å². The van der Waals surface area contributed by atoms with Gasteiger partial charge in [0.25, 0.3) is 5.69 Å². The number of non-ortho nitro benzene ring substituents is 1. The molecular weight excluding hydrogens is 273 g/mol. The van der Waals surface area contributed by atoms with Gasteiger partial charge in [-0.2, -0.15) is 0 Å². The van der Waals surface area contributed by atoms with Crippen molar-refractivity contribution in [2.24, 2.45) is 0 Å². The van der Waals surface area contributed by atoms with Gasteiger partial charge in [0.15, 0.2) is 0 Å². The van der Waals surface area contributed by atoms with Crippen molar-refractivity contribution in [2.75, 3.05) is 0 Å². The minimum atomic E-state index is -0.410. The molecule has 3 nitrogen and oxygen atoms in total. The predicted molar refractivity (Wildman–Crippen MR) is 72.4 cm³/mol. The van der Waals surface area contributed by atoms with Crippen LogP contribution in [0.1, 0.15) is 11.1 Å². The summed E-state index contributed by atoms with van der Waals surface area (Å²) in [6.07, 6.45) is 0.539. The molecule has 0 amide bonds. The summed E-state index contributed by atoms with van der Waals surface area (Å²) in [5.74, 6) is 0. The van der Waals surface area contributed by atoms with Crippen molar-refractivity contribution in [3.05, 3.63) is 73.8 Å². The summed E-state index contributed by atoms with van der Waals surface area (Å²) in [5.41, 5.74) is 1.81. The van der Waals surface area contributed by atoms with Crippen molar-refractivity contribution < 1.29 is 4.92 Å². The van der Waals surface area contributed by atoms with E-state index in [9.17, 15) is 10.1 Å². The Bertz CT molecular complexity index is 599. The zero-order valence-electron chi connectivity index (χ0n) is 9.27. The van der Waals surface area contributed by atoms with Gasteiger partial charge in [-0.25, -0.2) is 0 Å². The standard InChI is InChI=1S/C13H9Cl2NO2/c14-11-5-4-10(13(15)8-11)6-9-2-1-3-12(7-9)16(17)18/h1-5,7-8H,6H2. The van der Waals surface area contributed by atoms with Gasteiger partial charge in [-0.3, -0.25) is 10.1 Å². The predicted octanol–water partition coefficient (Wildman–Crippen LogP) is 4.49. The number of halogens is 2. The average molecular weight is 282 g/mol. The van der Waals surface area contributed by atoms with Crippen LogP contribution in [0.2, 0.25) is 10.0 Å². The molecule has 0 fully saturated rings. The molecule has 18 heavy (non-hydrogen) atoms. The van der Waals surface area contributed by atoms with Gasteiger partial charge in [0.2, 0.25) is 0 Å². The van der Waals surface area contributed by atoms with Crippen molar-refractivity contribution in [2.45, 2.75) is 6.42 Å². The number of benzene rings is 2. The van der Waals surface area contributed by atoms with Gasteiger partial charge >= 0.3 is 0 Å². The Kier molecular flexibility index (Phi) is 3.84. The van der Waals surface area contributed by atoms with Crippen LogP contribution in [0.15, 0.2) is 42.5 Å². The van der Waals surface area contributed by atoms with Crippen LogP contribution in [0.3, 0.4) is 0 Å². The molecule has 0 saturated carbocycles. The van der Waals surface area contributed by atoms with Crippen LogP contribution >= 0.6 is 23.2 Å². The van der Waals surface area contributed by atoms with Crippen LogP contribution in [-0.2, 0) is 6.42 Å². The number of hydrogen-bond donors (Lipinski definition) is 0. The van der Waals surface area contributed by atoms with E-state index < -0.39 is 4.92 Å². The highest BCUT2D eigenvalue weighted by Crippen LogP contribution is 2.24. The fourth-order valence-corrected chi connectivity index (χ4v) is 2.14. The molecular formula is C13H9Cl2NO2. The molecule has 0 spiro atoms. The molecule has 0 heterocycles. The maximum absolute atomic E-state index is 10.7. The van der Waals surface area contributed by atoms with E-state index in [0.717, 1.165) is 11.1 Å². The Morgan fingerprint density at radius 3 is 2.56 bits per heavy atom. The summed E-state index contributed by atoms with van der Waals surface area (Å²) in [7, 11) is 0. The molecule has 0 aliphatic rings. The molecule has 0 aliphatic carbocycles. The maximum Gasteiger partial charge on any atom is 0.269 e. The van der Waals surface area contributed by atoms with Crippen LogP contribution < -0.4 is 0 Å². The minimum Gasteiger partial charge on any atom is -0.258 e. The topological polar surface area (TPSA) is 43.1 Å². The zero-order valence-corrected chi connectivity index (χ0v) is 10.8. The number of nitro groups is 1. The Hall–Kier alpha value is -1.58. The summed E-state index contributed by atoms with van der Waals surface area (Å²) in [4.78, 5) is 10.3. The van der Waals surface area contributed by atoms with Gasteiger partial charge in [-0.15, -0.1) is 0 Å². The number of nitrogens with zero attached hydrogens (tertiary/aromatic N) is 1. The SMILES string of the molecule is O=[N+]([O-])c1cccc(Cc2ccc(Cl)cc2Cl)c1. The van der Waals surface area contributed by atoms with Crippen LogP contribution in [0.25, 0.3) is 0 Å². The summed E-state index contributed by atoms with van der Waals surface area (Å²) < 4.78 is 0. The number of nitro benzene ring substituents is 1. The normalized spacial score (nSPS) is 10.3. The highest BCUT2D eigenvalue weighted by molar-refractivity contribution is 6.35. The fraction of sp³-hybridized carbons (Fsp3) is 0.0769. The molecule has 0 aromatic heterocycles. The van der Waals surface area contributed by atoms with Gasteiger partial charge < -0.3 is 0 Å². The van der Waals surface area contributed by atoms with Crippen LogP contribution in [0.5, 0.6) is 0 Å². The first-order valence-electron chi connectivity index (χ1n) is 5.23. The third-order valence-electron chi connectivity index (χ3n) is 2.53. The minimum absolute atomic E-state index is 0.0811. The second-order valence-electron chi connectivity index (χ2n) is 3.84. The molecule has 0 saturated heterocycles. The van der Waals surface area contributed by atoms with Crippen molar-refractivity contribution in [3.8, 4) is 0 Å². The van der Waals surface area contributed by atoms with Gasteiger partial charge in [0.05, 0.1) is 4.92 Å². The van der Waals surface area contributed by atoms with Crippen molar-refractivity contribution in [3.63, 3.8) is 0 Å². The number of rotatable bonds is 3. The van der Waals surface area contributed by atoms with Crippen molar-refractivity contribution in [1.29, 1.82) is 0 Å². The Morgan fingerprint density at radius 1 is 1.11 bits per heavy atom. The fourth-order valence-electron chi connectivity index (χ4n) is 1.66. The van der Waals surface area contributed by atoms with Crippen molar-refractivity contribution >= 4 is 28.9 Å². The van der Waals surface area contributed by atoms with Gasteiger partial charge in [-0.05, 0) is 29.7 Å². The molecule has 5 heteroatoms. The van der Waals surface area contributed by atoms with Gasteiger partial charge in [-0.1, -0.05) is 41.4 Å². The quantitative estimate of drug-likeness (QED) is 0.614. The molecule has 0 atom stereocenters. The summed E-state index contributed by atoms with van der Waals surface area (Å²) >= 11 is 11.9. The molecule has 0 radical (unpaired) electrons. The van der Waals surface area contributed by atoms with E-state index in [1.165, 1.54) is 6.07 Å². The second kappa shape index (κ2) is 5.38. The van der Waals surface area contributed by atoms with Crippen LogP contribution in [-0.4, -0.2) is 4.92 Å². The molecule has 2 aromatic rings. The van der Waals surface area contributed by atoms with E-state index in [1.807, 2.05) is 12.1 Å². The zero-order chi connectivity index (χ0) is 13.1. The first kappa shape index (κ1) is 12.9. The molecule has 0 N–H and O–H groups in total. The summed E-state index contributed by atoms with van der Waals surface area (Å²) in [6.45, 7) is 0. The molecule has 0 unspecified atom stereocenters. The van der Waals surface area contributed by atoms with E-state index in [1.54, 1.807) is 24.3 Å². The molecule has 0 bridgehead atoms. The highest BCUT2D eigenvalue weighted by atomic mass is 35.5. The lowest BCUT2D eigenvalue weighted by Gasteiger charge is -2.05. The van der Waals surface area contributed by atoms with E-state index >= 15 is 0 Å². The third-order valence-corrected chi connectivity index (χ3v) is 3.12. The Labute approximate surface area is 114 Å². The lowest BCUT2D eigenvalue weighted by Crippen LogP contribution is -1.92. The average Bonchev–Trinajstić information content (AvgIpc) is 2.33. The lowest BCUT2D eigenvalue weighted by atomic mass is 10.0. The second-order valence-corrected chi connectivity index (χ2v) is 4.68. The number of hydrogen-bond acceptors (Lipinski definition) is 2. The largest absolute Gasteiger partial charge is 0.269 e.